The van der Waals surface area contributed by atoms with Gasteiger partial charge in [0.25, 0.3) is 0 Å². The fraction of sp³-hybridized carbons (Fsp3) is 0.667. The third-order valence-corrected chi connectivity index (χ3v) is 1.09. The van der Waals surface area contributed by atoms with Gasteiger partial charge >= 0.3 is 26.2 Å². The molecule has 0 aromatic heterocycles. The molecule has 0 nitrogen and oxygen atoms in total. The van der Waals surface area contributed by atoms with Gasteiger partial charge in [-0.2, -0.15) is 0 Å². The zero-order valence-electron chi connectivity index (χ0n) is 9.65. The van der Waals surface area contributed by atoms with Crippen LogP contribution in [0.25, 0.3) is 0 Å². The van der Waals surface area contributed by atoms with Crippen LogP contribution in [0.4, 0.5) is 0 Å². The predicted molar refractivity (Wildman–Crippen MR) is 55.3 cm³/mol. The number of hydrogen-bond donors (Lipinski definition) is 0. The summed E-state index contributed by atoms with van der Waals surface area (Å²) in [5.41, 5.74) is 0.414. The van der Waals surface area contributed by atoms with Gasteiger partial charge in [-0.15, -0.1) is 0 Å². The largest absolute Gasteiger partial charge is 2.00 e. The van der Waals surface area contributed by atoms with Gasteiger partial charge in [0.1, 0.15) is 0 Å². The van der Waals surface area contributed by atoms with Crippen molar-refractivity contribution < 1.29 is 26.2 Å². The molecule has 0 rings (SSSR count). The molecule has 0 spiro atoms. The molecule has 0 radical (unpaired) electrons. The van der Waals surface area contributed by atoms with Gasteiger partial charge in [0.05, 0.1) is 0 Å². The molecule has 0 amide bonds. The maximum atomic E-state index is 3.05. The van der Waals surface area contributed by atoms with Crippen LogP contribution >= 0.6 is 0 Å². The molecule has 0 N–H and O–H groups in total. The maximum absolute atomic E-state index is 3.05. The van der Waals surface area contributed by atoms with E-state index in [1.54, 1.807) is 0 Å². The van der Waals surface area contributed by atoms with Crippen LogP contribution in [0.5, 0.6) is 0 Å². The van der Waals surface area contributed by atoms with Crippen molar-refractivity contribution in [2.75, 3.05) is 0 Å². The van der Waals surface area contributed by atoms with E-state index in [-0.39, 0.29) is 37.0 Å². The average molecular weight is 256 g/mol. The van der Waals surface area contributed by atoms with E-state index in [1.807, 2.05) is 12.8 Å². The van der Waals surface area contributed by atoms with Crippen LogP contribution < -0.4 is 0 Å². The molecule has 0 aliphatic heterocycles. The zero-order chi connectivity index (χ0) is 9.83. The van der Waals surface area contributed by atoms with Gasteiger partial charge in [-0.1, -0.05) is 52.4 Å². The standard InChI is InChI=1S/C12H20.Zr/c1-11(2,3)9-7-8-10-12(4,5)6;/h9-10H,1-6H3;/q-2;+2. The van der Waals surface area contributed by atoms with Gasteiger partial charge in [0.15, 0.2) is 0 Å². The van der Waals surface area contributed by atoms with E-state index in [9.17, 15) is 0 Å². The van der Waals surface area contributed by atoms with Crippen LogP contribution in [0.2, 0.25) is 0 Å². The molecule has 0 aromatic rings. The third kappa shape index (κ3) is 15.0. The van der Waals surface area contributed by atoms with Gasteiger partial charge in [0.2, 0.25) is 0 Å². The maximum Gasteiger partial charge on any atom is 2.00 e. The minimum absolute atomic E-state index is 0. The Balaban J connectivity index is 0. The Morgan fingerprint density at radius 3 is 1.08 bits per heavy atom. The van der Waals surface area contributed by atoms with Crippen LogP contribution in [0, 0.1) is 35.5 Å². The molecule has 0 aliphatic rings. The summed E-state index contributed by atoms with van der Waals surface area (Å²) < 4.78 is 0. The van der Waals surface area contributed by atoms with Crippen LogP contribution in [0.15, 0.2) is 0 Å². The van der Waals surface area contributed by atoms with Gasteiger partial charge in [-0.3, -0.25) is 12.8 Å². The van der Waals surface area contributed by atoms with E-state index in [0.717, 1.165) is 0 Å². The van der Waals surface area contributed by atoms with Crippen molar-refractivity contribution in [1.82, 2.24) is 0 Å². The van der Waals surface area contributed by atoms with Gasteiger partial charge in [-0.05, 0) is 0 Å². The molecule has 0 aromatic carbocycles. The van der Waals surface area contributed by atoms with Crippen molar-refractivity contribution in [3.8, 4) is 11.8 Å². The first-order valence-electron chi connectivity index (χ1n) is 4.40. The van der Waals surface area contributed by atoms with Crippen molar-refractivity contribution in [3.63, 3.8) is 0 Å². The molecular weight excluding hydrogens is 235 g/mol. The molecular formula is C12H20Zr. The van der Waals surface area contributed by atoms with Crippen molar-refractivity contribution in [2.24, 2.45) is 10.8 Å². The summed E-state index contributed by atoms with van der Waals surface area (Å²) in [5.74, 6) is 6.10. The second kappa shape index (κ2) is 5.82. The normalized spacial score (nSPS) is 10.6. The van der Waals surface area contributed by atoms with E-state index in [0.29, 0.717) is 0 Å². The first kappa shape index (κ1) is 15.6. The zero-order valence-corrected chi connectivity index (χ0v) is 12.1. The van der Waals surface area contributed by atoms with E-state index in [4.69, 9.17) is 0 Å². The Morgan fingerprint density at radius 1 is 0.692 bits per heavy atom. The summed E-state index contributed by atoms with van der Waals surface area (Å²) in [6.45, 7) is 12.9. The predicted octanol–water partition coefficient (Wildman–Crippen LogP) is 3.49. The first-order chi connectivity index (χ1) is 5.21. The molecule has 0 bridgehead atoms. The second-order valence-electron chi connectivity index (χ2n) is 5.31. The SMILES string of the molecule is CC(C)(C)[CH-]C#C[CH-]C(C)(C)C.[Zr+2]. The van der Waals surface area contributed by atoms with Gasteiger partial charge < -0.3 is 11.8 Å². The fourth-order valence-corrected chi connectivity index (χ4v) is 0.516. The Kier molecular flexibility index (Phi) is 7.00. The first-order valence-corrected chi connectivity index (χ1v) is 4.40. The molecule has 1 heteroatoms. The summed E-state index contributed by atoms with van der Waals surface area (Å²) >= 11 is 0. The number of rotatable bonds is 0. The topological polar surface area (TPSA) is 0 Å². The van der Waals surface area contributed by atoms with Crippen LogP contribution in [-0.2, 0) is 26.2 Å². The molecule has 0 unspecified atom stereocenters. The summed E-state index contributed by atoms with van der Waals surface area (Å²) in [6.07, 6.45) is 4.07. The van der Waals surface area contributed by atoms with Crippen molar-refractivity contribution in [3.05, 3.63) is 12.8 Å². The van der Waals surface area contributed by atoms with E-state index in [1.165, 1.54) is 0 Å². The average Bonchev–Trinajstić information content (AvgIpc) is 1.76. The number of hydrogen-bond acceptors (Lipinski definition) is 0. The molecule has 0 atom stereocenters. The third-order valence-electron chi connectivity index (χ3n) is 1.09. The monoisotopic (exact) mass is 254 g/mol. The van der Waals surface area contributed by atoms with E-state index < -0.39 is 0 Å². The molecule has 0 aliphatic carbocycles. The Morgan fingerprint density at radius 2 is 0.923 bits per heavy atom. The van der Waals surface area contributed by atoms with Crippen LogP contribution in [0.3, 0.4) is 0 Å². The molecule has 0 saturated heterocycles. The molecule has 72 valence electrons. The quantitative estimate of drug-likeness (QED) is 0.459. The fourth-order valence-electron chi connectivity index (χ4n) is 0.516. The van der Waals surface area contributed by atoms with E-state index in [2.05, 4.69) is 53.4 Å². The Hall–Kier alpha value is 0.183. The minimum atomic E-state index is 0. The molecule has 13 heavy (non-hydrogen) atoms. The van der Waals surface area contributed by atoms with Gasteiger partial charge in [0, 0.05) is 0 Å². The molecule has 0 heterocycles. The summed E-state index contributed by atoms with van der Waals surface area (Å²) in [7, 11) is 0. The summed E-state index contributed by atoms with van der Waals surface area (Å²) in [5, 5.41) is 0. The Bertz CT molecular complexity index is 160. The smallest absolute Gasteiger partial charge is 0.521 e. The summed E-state index contributed by atoms with van der Waals surface area (Å²) in [6, 6.07) is 0. The van der Waals surface area contributed by atoms with Crippen LogP contribution in [0.1, 0.15) is 41.5 Å². The van der Waals surface area contributed by atoms with Crippen LogP contribution in [-0.4, -0.2) is 0 Å². The van der Waals surface area contributed by atoms with Crippen molar-refractivity contribution in [2.45, 2.75) is 41.5 Å². The van der Waals surface area contributed by atoms with Crippen molar-refractivity contribution >= 4 is 0 Å². The second-order valence-corrected chi connectivity index (χ2v) is 5.31. The van der Waals surface area contributed by atoms with E-state index >= 15 is 0 Å². The molecule has 0 fully saturated rings. The summed E-state index contributed by atoms with van der Waals surface area (Å²) in [4.78, 5) is 0. The van der Waals surface area contributed by atoms with Gasteiger partial charge in [-0.25, -0.2) is 0 Å². The minimum Gasteiger partial charge on any atom is -0.521 e. The Labute approximate surface area is 103 Å². The molecule has 0 saturated carbocycles. The van der Waals surface area contributed by atoms with Crippen molar-refractivity contribution in [1.29, 1.82) is 0 Å².